The molecule has 0 spiro atoms. The minimum Gasteiger partial charge on any atom is -0.338 e. The smallest absolute Gasteiger partial charge is 0.264 e. The molecular weight excluding hydrogens is 322 g/mol. The Bertz CT molecular complexity index is 757. The molecule has 1 amide bonds. The molecule has 0 radical (unpaired) electrons. The predicted molar refractivity (Wildman–Crippen MR) is 100 cm³/mol. The molecule has 2 heterocycles. The number of hydrogen-bond acceptors (Lipinski definition) is 4. The zero-order chi connectivity index (χ0) is 17.7. The molecule has 132 valence electrons. The maximum atomic E-state index is 12.9. The molecule has 0 N–H and O–H groups in total. The van der Waals surface area contributed by atoms with E-state index in [1.165, 1.54) is 11.3 Å². The number of carbonyl (C=O) groups is 1. The Morgan fingerprint density at radius 2 is 1.88 bits per heavy atom. The van der Waals surface area contributed by atoms with Crippen molar-refractivity contribution in [1.82, 2.24) is 14.5 Å². The second kappa shape index (κ2) is 8.42. The van der Waals surface area contributed by atoms with Crippen LogP contribution in [0.25, 0.3) is 10.2 Å². The van der Waals surface area contributed by atoms with Gasteiger partial charge in [-0.1, -0.05) is 27.2 Å². The summed E-state index contributed by atoms with van der Waals surface area (Å²) in [5, 5.41) is 0.606. The van der Waals surface area contributed by atoms with E-state index in [2.05, 4.69) is 25.8 Å². The van der Waals surface area contributed by atoms with Crippen molar-refractivity contribution < 1.29 is 4.79 Å². The van der Waals surface area contributed by atoms with Crippen LogP contribution < -0.4 is 5.56 Å². The third kappa shape index (κ3) is 3.69. The van der Waals surface area contributed by atoms with Crippen LogP contribution in [0.4, 0.5) is 0 Å². The number of nitrogens with zero attached hydrogens (tertiary/aromatic N) is 3. The molecule has 0 fully saturated rings. The number of fused-ring (bicyclic) bond motifs is 1. The van der Waals surface area contributed by atoms with Gasteiger partial charge in [0.05, 0.1) is 16.6 Å². The molecule has 0 bridgehead atoms. The highest BCUT2D eigenvalue weighted by molar-refractivity contribution is 7.20. The summed E-state index contributed by atoms with van der Waals surface area (Å²) in [7, 11) is 0. The average molecular weight is 350 g/mol. The highest BCUT2D eigenvalue weighted by atomic mass is 32.1. The highest BCUT2D eigenvalue weighted by Gasteiger charge is 2.23. The van der Waals surface area contributed by atoms with Crippen LogP contribution in [0.1, 0.15) is 61.7 Å². The van der Waals surface area contributed by atoms with Gasteiger partial charge in [0, 0.05) is 19.6 Å². The fraction of sp³-hybridized carbons (Fsp3) is 0.611. The van der Waals surface area contributed by atoms with Crippen molar-refractivity contribution >= 4 is 27.5 Å². The molecule has 0 saturated heterocycles. The Morgan fingerprint density at radius 1 is 1.21 bits per heavy atom. The first-order valence-electron chi connectivity index (χ1n) is 8.82. The van der Waals surface area contributed by atoms with Gasteiger partial charge in [0.15, 0.2) is 0 Å². The summed E-state index contributed by atoms with van der Waals surface area (Å²) < 4.78 is 1.66. The Hall–Kier alpha value is -1.69. The van der Waals surface area contributed by atoms with E-state index in [0.29, 0.717) is 21.6 Å². The van der Waals surface area contributed by atoms with Crippen LogP contribution in [0.5, 0.6) is 0 Å². The first-order valence-corrected chi connectivity index (χ1v) is 9.64. The van der Waals surface area contributed by atoms with Gasteiger partial charge in [-0.3, -0.25) is 14.2 Å². The minimum absolute atomic E-state index is 0.0266. The lowest BCUT2D eigenvalue weighted by Crippen LogP contribution is -2.32. The van der Waals surface area contributed by atoms with E-state index in [-0.39, 0.29) is 11.5 Å². The molecule has 2 rings (SSSR count). The van der Waals surface area contributed by atoms with Gasteiger partial charge in [-0.2, -0.15) is 0 Å². The molecule has 2 aromatic rings. The lowest BCUT2D eigenvalue weighted by Gasteiger charge is -2.21. The molecule has 5 nitrogen and oxygen atoms in total. The maximum absolute atomic E-state index is 12.9. The minimum atomic E-state index is -0.0289. The van der Waals surface area contributed by atoms with E-state index < -0.39 is 0 Å². The SMILES string of the molecule is CCCCn1cnc2sc(C(=O)N(CCC)CCC)c(C)c2c1=O. The molecule has 0 aliphatic heterocycles. The van der Waals surface area contributed by atoms with Gasteiger partial charge in [0.1, 0.15) is 4.83 Å². The summed E-state index contributed by atoms with van der Waals surface area (Å²) in [6, 6.07) is 0. The van der Waals surface area contributed by atoms with Crippen molar-refractivity contribution in [2.75, 3.05) is 13.1 Å². The average Bonchev–Trinajstić information content (AvgIpc) is 2.91. The summed E-state index contributed by atoms with van der Waals surface area (Å²) in [6.45, 7) is 10.3. The van der Waals surface area contributed by atoms with Gasteiger partial charge in [-0.25, -0.2) is 4.98 Å². The number of aromatic nitrogens is 2. The fourth-order valence-electron chi connectivity index (χ4n) is 2.85. The zero-order valence-corrected chi connectivity index (χ0v) is 15.9. The van der Waals surface area contributed by atoms with Crippen molar-refractivity contribution in [2.45, 2.75) is 59.9 Å². The molecular formula is C18H27N3O2S. The summed E-state index contributed by atoms with van der Waals surface area (Å²) in [6.07, 6.45) is 5.44. The normalized spacial score (nSPS) is 11.2. The molecule has 2 aromatic heterocycles. The number of thiophene rings is 1. The number of amides is 1. The van der Waals surface area contributed by atoms with Crippen LogP contribution in [-0.2, 0) is 6.54 Å². The van der Waals surface area contributed by atoms with Crippen LogP contribution in [0.3, 0.4) is 0 Å². The molecule has 0 aromatic carbocycles. The van der Waals surface area contributed by atoms with Crippen molar-refractivity contribution in [1.29, 1.82) is 0 Å². The van der Waals surface area contributed by atoms with Gasteiger partial charge in [-0.15, -0.1) is 11.3 Å². The van der Waals surface area contributed by atoms with E-state index in [1.807, 2.05) is 11.8 Å². The first-order chi connectivity index (χ1) is 11.5. The number of hydrogen-bond donors (Lipinski definition) is 0. The second-order valence-electron chi connectivity index (χ2n) is 6.13. The predicted octanol–water partition coefficient (Wildman–Crippen LogP) is 3.83. The quantitative estimate of drug-likeness (QED) is 0.728. The van der Waals surface area contributed by atoms with Crippen molar-refractivity contribution in [3.8, 4) is 0 Å². The van der Waals surface area contributed by atoms with Gasteiger partial charge in [0.25, 0.3) is 11.5 Å². The lowest BCUT2D eigenvalue weighted by molar-refractivity contribution is 0.0760. The van der Waals surface area contributed by atoms with Crippen LogP contribution in [0.15, 0.2) is 11.1 Å². The van der Waals surface area contributed by atoms with E-state index >= 15 is 0 Å². The Kier molecular flexibility index (Phi) is 6.54. The zero-order valence-electron chi connectivity index (χ0n) is 15.1. The third-order valence-corrected chi connectivity index (χ3v) is 5.33. The second-order valence-corrected chi connectivity index (χ2v) is 7.12. The molecule has 0 unspecified atom stereocenters. The monoisotopic (exact) mass is 349 g/mol. The lowest BCUT2D eigenvalue weighted by atomic mass is 10.2. The van der Waals surface area contributed by atoms with E-state index in [9.17, 15) is 9.59 Å². The molecule has 6 heteroatoms. The van der Waals surface area contributed by atoms with Gasteiger partial charge < -0.3 is 4.90 Å². The first kappa shape index (κ1) is 18.6. The van der Waals surface area contributed by atoms with E-state index in [4.69, 9.17) is 0 Å². The van der Waals surface area contributed by atoms with Crippen molar-refractivity contribution in [2.24, 2.45) is 0 Å². The summed E-state index contributed by atoms with van der Waals surface area (Å²) in [5.74, 6) is 0.0266. The van der Waals surface area contributed by atoms with Gasteiger partial charge in [0.2, 0.25) is 0 Å². The standard InChI is InChI=1S/C18H27N3O2S/c1-5-8-11-21-12-19-16-14(17(21)22)13(4)15(24-16)18(23)20(9-6-2)10-7-3/h12H,5-11H2,1-4H3. The maximum Gasteiger partial charge on any atom is 0.264 e. The van der Waals surface area contributed by atoms with E-state index in [0.717, 1.165) is 44.3 Å². The van der Waals surface area contributed by atoms with Crippen LogP contribution in [0.2, 0.25) is 0 Å². The fourth-order valence-corrected chi connectivity index (χ4v) is 3.96. The van der Waals surface area contributed by atoms with Crippen molar-refractivity contribution in [3.63, 3.8) is 0 Å². The molecule has 0 aliphatic carbocycles. The highest BCUT2D eigenvalue weighted by Crippen LogP contribution is 2.28. The topological polar surface area (TPSA) is 55.2 Å². The van der Waals surface area contributed by atoms with Gasteiger partial charge in [-0.05, 0) is 31.7 Å². The van der Waals surface area contributed by atoms with Gasteiger partial charge >= 0.3 is 0 Å². The summed E-state index contributed by atoms with van der Waals surface area (Å²) in [4.78, 5) is 33.2. The molecule has 24 heavy (non-hydrogen) atoms. The number of rotatable bonds is 8. The number of unbranched alkanes of at least 4 members (excludes halogenated alkanes) is 1. The van der Waals surface area contributed by atoms with Crippen LogP contribution in [-0.4, -0.2) is 33.4 Å². The molecule has 0 saturated carbocycles. The number of aryl methyl sites for hydroxylation is 2. The number of carbonyl (C=O) groups excluding carboxylic acids is 1. The Morgan fingerprint density at radius 3 is 2.46 bits per heavy atom. The molecule has 0 atom stereocenters. The van der Waals surface area contributed by atoms with Crippen LogP contribution in [0, 0.1) is 6.92 Å². The third-order valence-electron chi connectivity index (χ3n) is 4.14. The molecule has 0 aliphatic rings. The largest absolute Gasteiger partial charge is 0.338 e. The summed E-state index contributed by atoms with van der Waals surface area (Å²) >= 11 is 1.34. The van der Waals surface area contributed by atoms with E-state index in [1.54, 1.807) is 10.9 Å². The Labute approximate surface area is 147 Å². The van der Waals surface area contributed by atoms with Crippen molar-refractivity contribution in [3.05, 3.63) is 27.1 Å². The Balaban J connectivity index is 2.45. The summed E-state index contributed by atoms with van der Waals surface area (Å²) in [5.41, 5.74) is 0.749. The van der Waals surface area contributed by atoms with Crippen LogP contribution >= 0.6 is 11.3 Å².